The summed E-state index contributed by atoms with van der Waals surface area (Å²) in [5.41, 5.74) is 14.8. The first kappa shape index (κ1) is 35.5. The van der Waals surface area contributed by atoms with Crippen LogP contribution in [0.25, 0.3) is 112 Å². The quantitative estimate of drug-likeness (QED) is 0.178. The number of benzene rings is 9. The van der Waals surface area contributed by atoms with Crippen LogP contribution in [-0.2, 0) is 0 Å². The molecular weight excluding hydrogens is 759 g/mol. The zero-order valence-corrected chi connectivity index (χ0v) is 33.4. The summed E-state index contributed by atoms with van der Waals surface area (Å²) in [5, 5.41) is 2.02. The van der Waals surface area contributed by atoms with E-state index in [1.54, 1.807) is 0 Å². The SMILES string of the molecule is c1ccc(-c2cccc(-c3nc(-c4ccccc4)nc(-c4ccc5c(c4)-c4cc6oc7ccccc7c6cc4Oc4ccccc4-c4ccccc4-c4ccccc4-5)n3)c2)cc1. The minimum atomic E-state index is 0.562. The van der Waals surface area contributed by atoms with E-state index in [1.165, 1.54) is 0 Å². The Hall–Kier alpha value is -8.41. The summed E-state index contributed by atoms with van der Waals surface area (Å²) in [6, 6.07) is 73.4. The third kappa shape index (κ3) is 6.14. The Labute approximate surface area is 358 Å². The number of aromatic nitrogens is 3. The second kappa shape index (κ2) is 14.7. The van der Waals surface area contributed by atoms with Crippen LogP contribution in [-0.4, -0.2) is 15.0 Å². The molecule has 0 fully saturated rings. The molecule has 1 aliphatic heterocycles. The molecule has 290 valence electrons. The van der Waals surface area contributed by atoms with Crippen molar-refractivity contribution in [3.05, 3.63) is 212 Å². The second-order valence-corrected chi connectivity index (χ2v) is 15.5. The van der Waals surface area contributed by atoms with E-state index in [0.717, 1.165) is 100 Å². The van der Waals surface area contributed by atoms with Crippen LogP contribution < -0.4 is 4.74 Å². The maximum absolute atomic E-state index is 7.18. The fourth-order valence-electron chi connectivity index (χ4n) is 8.81. The molecule has 0 saturated heterocycles. The molecule has 5 nitrogen and oxygen atoms in total. The highest BCUT2D eigenvalue weighted by Gasteiger charge is 2.24. The van der Waals surface area contributed by atoms with Gasteiger partial charge in [0.25, 0.3) is 0 Å². The molecule has 0 atom stereocenters. The molecule has 12 rings (SSSR count). The third-order valence-electron chi connectivity index (χ3n) is 11.8. The standard InChI is InChI=1S/C57H35N3O2/c1-3-16-36(17-4-1)38-20-15-21-39(32-38)56-58-55(37-18-5-2-6-19-37)59-57(60-56)40-30-31-45-43-24-8-7-22-41(43)42-23-9-10-25-44(42)46-26-11-13-28-51(46)61-54-34-49-47-27-12-14-29-52(47)62-53(49)35-50(54)48(45)33-40/h1-35H. The average molecular weight is 794 g/mol. The molecule has 5 heteroatoms. The molecule has 11 aromatic rings. The third-order valence-corrected chi connectivity index (χ3v) is 11.8. The number of furan rings is 1. The Morgan fingerprint density at radius 2 is 0.774 bits per heavy atom. The molecule has 62 heavy (non-hydrogen) atoms. The van der Waals surface area contributed by atoms with Crippen LogP contribution in [0.3, 0.4) is 0 Å². The predicted molar refractivity (Wildman–Crippen MR) is 251 cm³/mol. The van der Waals surface area contributed by atoms with Crippen molar-refractivity contribution in [3.8, 4) is 101 Å². The van der Waals surface area contributed by atoms with Crippen LogP contribution in [0.15, 0.2) is 217 Å². The highest BCUT2D eigenvalue weighted by atomic mass is 16.5. The van der Waals surface area contributed by atoms with Crippen LogP contribution in [0.5, 0.6) is 11.5 Å². The molecule has 3 heterocycles. The van der Waals surface area contributed by atoms with Crippen LogP contribution in [0, 0.1) is 0 Å². The van der Waals surface area contributed by atoms with Crippen LogP contribution >= 0.6 is 0 Å². The summed E-state index contributed by atoms with van der Waals surface area (Å²) >= 11 is 0. The molecule has 2 aromatic heterocycles. The van der Waals surface area contributed by atoms with Crippen molar-refractivity contribution in [2.24, 2.45) is 0 Å². The number of hydrogen-bond donors (Lipinski definition) is 0. The number of rotatable bonds is 4. The summed E-state index contributed by atoms with van der Waals surface area (Å²) in [6.07, 6.45) is 0. The summed E-state index contributed by atoms with van der Waals surface area (Å²) in [6.45, 7) is 0. The van der Waals surface area contributed by atoms with Crippen molar-refractivity contribution in [2.45, 2.75) is 0 Å². The van der Waals surface area contributed by atoms with Gasteiger partial charge in [0.05, 0.1) is 0 Å². The minimum absolute atomic E-state index is 0.562. The number of nitrogens with zero attached hydrogens (tertiary/aromatic N) is 3. The Kier molecular flexibility index (Phi) is 8.42. The van der Waals surface area contributed by atoms with Gasteiger partial charge >= 0.3 is 0 Å². The van der Waals surface area contributed by atoms with E-state index in [-0.39, 0.29) is 0 Å². The highest BCUT2D eigenvalue weighted by Crippen LogP contribution is 2.50. The minimum Gasteiger partial charge on any atom is -0.456 e. The molecule has 0 spiro atoms. The van der Waals surface area contributed by atoms with E-state index in [2.05, 4.69) is 152 Å². The fourth-order valence-corrected chi connectivity index (χ4v) is 8.81. The first-order valence-corrected chi connectivity index (χ1v) is 20.8. The zero-order chi connectivity index (χ0) is 41.0. The Balaban J connectivity index is 1.14. The average Bonchev–Trinajstić information content (AvgIpc) is 3.71. The lowest BCUT2D eigenvalue weighted by Gasteiger charge is -2.18. The molecule has 0 N–H and O–H groups in total. The van der Waals surface area contributed by atoms with E-state index in [9.17, 15) is 0 Å². The van der Waals surface area contributed by atoms with Crippen LogP contribution in [0.1, 0.15) is 0 Å². The van der Waals surface area contributed by atoms with Crippen molar-refractivity contribution in [1.29, 1.82) is 0 Å². The predicted octanol–water partition coefficient (Wildman–Crippen LogP) is 15.2. The van der Waals surface area contributed by atoms with Gasteiger partial charge in [-0.2, -0.15) is 0 Å². The Morgan fingerprint density at radius 3 is 1.48 bits per heavy atom. The zero-order valence-electron chi connectivity index (χ0n) is 33.4. The van der Waals surface area contributed by atoms with Gasteiger partial charge in [0.15, 0.2) is 17.5 Å². The van der Waals surface area contributed by atoms with Crippen molar-refractivity contribution >= 4 is 21.9 Å². The van der Waals surface area contributed by atoms with Gasteiger partial charge in [-0.25, -0.2) is 15.0 Å². The molecule has 0 saturated carbocycles. The topological polar surface area (TPSA) is 61.0 Å². The first-order valence-electron chi connectivity index (χ1n) is 20.8. The number of fused-ring (bicyclic) bond motifs is 12. The summed E-state index contributed by atoms with van der Waals surface area (Å²) in [7, 11) is 0. The first-order chi connectivity index (χ1) is 30.7. The van der Waals surface area contributed by atoms with Gasteiger partial charge in [-0.1, -0.05) is 176 Å². The summed E-state index contributed by atoms with van der Waals surface area (Å²) in [4.78, 5) is 15.5. The normalized spacial score (nSPS) is 11.7. The van der Waals surface area contributed by atoms with Gasteiger partial charge in [0.2, 0.25) is 0 Å². The maximum Gasteiger partial charge on any atom is 0.164 e. The molecule has 9 aromatic carbocycles. The van der Waals surface area contributed by atoms with Gasteiger partial charge in [-0.15, -0.1) is 0 Å². The van der Waals surface area contributed by atoms with E-state index in [0.29, 0.717) is 23.2 Å². The van der Waals surface area contributed by atoms with E-state index >= 15 is 0 Å². The van der Waals surface area contributed by atoms with Crippen molar-refractivity contribution in [3.63, 3.8) is 0 Å². The molecule has 1 aliphatic rings. The molecule has 0 radical (unpaired) electrons. The lowest BCUT2D eigenvalue weighted by atomic mass is 9.86. The lowest BCUT2D eigenvalue weighted by Crippen LogP contribution is -2.01. The highest BCUT2D eigenvalue weighted by molar-refractivity contribution is 6.08. The molecular formula is C57H35N3O2. The van der Waals surface area contributed by atoms with E-state index in [1.807, 2.05) is 60.7 Å². The molecule has 0 bridgehead atoms. The van der Waals surface area contributed by atoms with Crippen LogP contribution in [0.2, 0.25) is 0 Å². The fraction of sp³-hybridized carbons (Fsp3) is 0. The van der Waals surface area contributed by atoms with E-state index in [4.69, 9.17) is 24.1 Å². The van der Waals surface area contributed by atoms with Crippen molar-refractivity contribution < 1.29 is 9.15 Å². The largest absolute Gasteiger partial charge is 0.456 e. The van der Waals surface area contributed by atoms with Crippen molar-refractivity contribution in [1.82, 2.24) is 15.0 Å². The summed E-state index contributed by atoms with van der Waals surface area (Å²) in [5.74, 6) is 3.23. The molecule has 0 aliphatic carbocycles. The van der Waals surface area contributed by atoms with Gasteiger partial charge in [-0.3, -0.25) is 0 Å². The molecule has 0 amide bonds. The maximum atomic E-state index is 7.18. The molecule has 0 unspecified atom stereocenters. The number of ether oxygens (including phenoxy) is 1. The second-order valence-electron chi connectivity index (χ2n) is 15.5. The number of para-hydroxylation sites is 2. The lowest BCUT2D eigenvalue weighted by molar-refractivity contribution is 0.487. The van der Waals surface area contributed by atoms with Crippen LogP contribution in [0.4, 0.5) is 0 Å². The van der Waals surface area contributed by atoms with Gasteiger partial charge in [0.1, 0.15) is 22.7 Å². The van der Waals surface area contributed by atoms with Gasteiger partial charge in [0, 0.05) is 38.6 Å². The van der Waals surface area contributed by atoms with Gasteiger partial charge < -0.3 is 9.15 Å². The van der Waals surface area contributed by atoms with E-state index < -0.39 is 0 Å². The number of hydrogen-bond acceptors (Lipinski definition) is 5. The monoisotopic (exact) mass is 793 g/mol. The smallest absolute Gasteiger partial charge is 0.164 e. The van der Waals surface area contributed by atoms with Gasteiger partial charge in [-0.05, 0) is 80.9 Å². The Bertz CT molecular complexity index is 3500. The summed E-state index contributed by atoms with van der Waals surface area (Å²) < 4.78 is 13.7. The Morgan fingerprint density at radius 1 is 0.258 bits per heavy atom. The van der Waals surface area contributed by atoms with Crippen molar-refractivity contribution in [2.75, 3.05) is 0 Å².